The summed E-state index contributed by atoms with van der Waals surface area (Å²) in [6.07, 6.45) is 5.89. The molecular weight excluding hydrogens is 436 g/mol. The first-order chi connectivity index (χ1) is 14.0. The summed E-state index contributed by atoms with van der Waals surface area (Å²) in [7, 11) is 0. The maximum absolute atomic E-state index is 12.5. The molecule has 0 aromatic heterocycles. The molecule has 0 aliphatic carbocycles. The smallest absolute Gasteiger partial charge is 0.343 e. The molecule has 0 atom stereocenters. The summed E-state index contributed by atoms with van der Waals surface area (Å²) in [4.78, 5) is 24.6. The van der Waals surface area contributed by atoms with Crippen molar-refractivity contribution in [2.24, 2.45) is 0 Å². The van der Waals surface area contributed by atoms with Gasteiger partial charge in [-0.3, -0.25) is 0 Å². The third kappa shape index (κ3) is 7.54. The van der Waals surface area contributed by atoms with Crippen LogP contribution in [-0.2, 0) is 4.74 Å². The van der Waals surface area contributed by atoms with Gasteiger partial charge in [0, 0.05) is 4.47 Å². The zero-order chi connectivity index (χ0) is 21.1. The average Bonchev–Trinajstić information content (AvgIpc) is 2.72. The van der Waals surface area contributed by atoms with E-state index in [0.717, 1.165) is 12.8 Å². The van der Waals surface area contributed by atoms with E-state index in [0.29, 0.717) is 22.4 Å². The summed E-state index contributed by atoms with van der Waals surface area (Å²) >= 11 is 3.31. The summed E-state index contributed by atoms with van der Waals surface area (Å²) in [6, 6.07) is 11.6. The largest absolute Gasteiger partial charge is 0.494 e. The van der Waals surface area contributed by atoms with Crippen LogP contribution in [0.5, 0.6) is 11.5 Å². The number of esters is 2. The molecule has 2 aromatic carbocycles. The van der Waals surface area contributed by atoms with Gasteiger partial charge in [0.15, 0.2) is 0 Å². The normalized spacial score (nSPS) is 10.4. The molecule has 5 nitrogen and oxygen atoms in total. The number of hydrogen-bond donors (Lipinski definition) is 0. The van der Waals surface area contributed by atoms with E-state index in [9.17, 15) is 9.59 Å². The minimum Gasteiger partial charge on any atom is -0.494 e. The highest BCUT2D eigenvalue weighted by Crippen LogP contribution is 2.25. The zero-order valence-corrected chi connectivity index (χ0v) is 18.5. The molecule has 0 unspecified atom stereocenters. The number of benzene rings is 2. The Hall–Kier alpha value is -2.34. The minimum atomic E-state index is -0.552. The van der Waals surface area contributed by atoms with Crippen LogP contribution in [0.3, 0.4) is 0 Å². The van der Waals surface area contributed by atoms with Crippen LogP contribution in [-0.4, -0.2) is 25.2 Å². The van der Waals surface area contributed by atoms with Crippen molar-refractivity contribution < 1.29 is 23.8 Å². The maximum Gasteiger partial charge on any atom is 0.343 e. The third-order valence-electron chi connectivity index (χ3n) is 4.25. The number of rotatable bonds is 11. The van der Waals surface area contributed by atoms with Gasteiger partial charge in [-0.15, -0.1) is 0 Å². The fraction of sp³-hybridized carbons (Fsp3) is 0.391. The molecule has 0 fully saturated rings. The van der Waals surface area contributed by atoms with E-state index in [1.54, 1.807) is 49.4 Å². The van der Waals surface area contributed by atoms with Gasteiger partial charge >= 0.3 is 11.9 Å². The van der Waals surface area contributed by atoms with Crippen LogP contribution in [0.4, 0.5) is 0 Å². The topological polar surface area (TPSA) is 61.8 Å². The van der Waals surface area contributed by atoms with Crippen LogP contribution in [0.1, 0.15) is 66.7 Å². The van der Waals surface area contributed by atoms with E-state index in [4.69, 9.17) is 14.2 Å². The van der Waals surface area contributed by atoms with Gasteiger partial charge in [-0.1, -0.05) is 48.5 Å². The molecule has 2 rings (SSSR count). The Morgan fingerprint density at radius 3 is 2.31 bits per heavy atom. The van der Waals surface area contributed by atoms with Gasteiger partial charge < -0.3 is 14.2 Å². The van der Waals surface area contributed by atoms with E-state index < -0.39 is 11.9 Å². The summed E-state index contributed by atoms with van der Waals surface area (Å²) in [5.41, 5.74) is 0.565. The van der Waals surface area contributed by atoms with Gasteiger partial charge in [-0.05, 0) is 55.8 Å². The highest BCUT2D eigenvalue weighted by atomic mass is 79.9. The molecule has 0 radical (unpaired) electrons. The molecule has 0 spiro atoms. The number of carbonyl (C=O) groups excluding carboxylic acids is 2. The zero-order valence-electron chi connectivity index (χ0n) is 16.9. The SMILES string of the molecule is CCCCCCCOc1ccc(C(=O)Oc2ccc(Br)cc2C(=O)OCC)cc1. The molecule has 6 heteroatoms. The third-order valence-corrected chi connectivity index (χ3v) is 4.74. The minimum absolute atomic E-state index is 0.157. The molecule has 0 N–H and O–H groups in total. The van der Waals surface area contributed by atoms with Crippen molar-refractivity contribution >= 4 is 27.9 Å². The summed E-state index contributed by atoms with van der Waals surface area (Å²) < 4.78 is 16.9. The second-order valence-electron chi connectivity index (χ2n) is 6.54. The molecule has 0 aliphatic rings. The quantitative estimate of drug-likeness (QED) is 0.226. The summed E-state index contributed by atoms with van der Waals surface area (Å²) in [5.74, 6) is -0.222. The standard InChI is InChI=1S/C23H27BrO5/c1-3-5-6-7-8-15-28-19-12-9-17(10-13-19)22(25)29-21-14-11-18(24)16-20(21)23(26)27-4-2/h9-14,16H,3-8,15H2,1-2H3. The van der Waals surface area contributed by atoms with Crippen molar-refractivity contribution in [3.63, 3.8) is 0 Å². The number of halogens is 1. The molecule has 0 aliphatic heterocycles. The second-order valence-corrected chi connectivity index (χ2v) is 7.45. The molecule has 2 aromatic rings. The number of unbranched alkanes of at least 4 members (excludes halogenated alkanes) is 4. The van der Waals surface area contributed by atoms with Crippen LogP contribution < -0.4 is 9.47 Å². The van der Waals surface area contributed by atoms with E-state index in [1.807, 2.05) is 0 Å². The molecule has 29 heavy (non-hydrogen) atoms. The van der Waals surface area contributed by atoms with Gasteiger partial charge in [-0.2, -0.15) is 0 Å². The fourth-order valence-corrected chi connectivity index (χ4v) is 3.06. The Morgan fingerprint density at radius 2 is 1.62 bits per heavy atom. The Labute approximate surface area is 180 Å². The van der Waals surface area contributed by atoms with Gasteiger partial charge in [0.1, 0.15) is 17.1 Å². The highest BCUT2D eigenvalue weighted by molar-refractivity contribution is 9.10. The van der Waals surface area contributed by atoms with E-state index in [1.165, 1.54) is 19.3 Å². The predicted molar refractivity (Wildman–Crippen MR) is 116 cm³/mol. The van der Waals surface area contributed by atoms with Crippen molar-refractivity contribution in [3.05, 3.63) is 58.1 Å². The molecular formula is C23H27BrO5. The van der Waals surface area contributed by atoms with Gasteiger partial charge in [0.25, 0.3) is 0 Å². The lowest BCUT2D eigenvalue weighted by Crippen LogP contribution is -2.13. The summed E-state index contributed by atoms with van der Waals surface area (Å²) in [6.45, 7) is 4.81. The number of carbonyl (C=O) groups is 2. The van der Waals surface area contributed by atoms with Crippen molar-refractivity contribution in [2.45, 2.75) is 46.0 Å². The van der Waals surface area contributed by atoms with Crippen LogP contribution >= 0.6 is 15.9 Å². The predicted octanol–water partition coefficient (Wildman–Crippen LogP) is 6.19. The van der Waals surface area contributed by atoms with Crippen molar-refractivity contribution in [3.8, 4) is 11.5 Å². The molecule has 0 amide bonds. The maximum atomic E-state index is 12.5. The molecule has 156 valence electrons. The lowest BCUT2D eigenvalue weighted by Gasteiger charge is -2.11. The average molecular weight is 463 g/mol. The Morgan fingerprint density at radius 1 is 0.897 bits per heavy atom. The van der Waals surface area contributed by atoms with E-state index in [2.05, 4.69) is 22.9 Å². The Kier molecular flexibility index (Phi) is 9.71. The van der Waals surface area contributed by atoms with Gasteiger partial charge in [0.05, 0.1) is 18.8 Å². The number of hydrogen-bond acceptors (Lipinski definition) is 5. The lowest BCUT2D eigenvalue weighted by atomic mass is 10.2. The molecule has 0 saturated heterocycles. The monoisotopic (exact) mass is 462 g/mol. The first-order valence-electron chi connectivity index (χ1n) is 9.96. The second kappa shape index (κ2) is 12.3. The number of ether oxygens (including phenoxy) is 3. The van der Waals surface area contributed by atoms with Crippen LogP contribution in [0, 0.1) is 0 Å². The lowest BCUT2D eigenvalue weighted by molar-refractivity contribution is 0.0520. The van der Waals surface area contributed by atoms with Crippen LogP contribution in [0.25, 0.3) is 0 Å². The van der Waals surface area contributed by atoms with Crippen molar-refractivity contribution in [2.75, 3.05) is 13.2 Å². The summed E-state index contributed by atoms with van der Waals surface area (Å²) in [5, 5.41) is 0. The fourth-order valence-electron chi connectivity index (χ4n) is 2.70. The first-order valence-corrected chi connectivity index (χ1v) is 10.8. The molecule has 0 bridgehead atoms. The van der Waals surface area contributed by atoms with Gasteiger partial charge in [-0.25, -0.2) is 9.59 Å². The van der Waals surface area contributed by atoms with E-state index in [-0.39, 0.29) is 17.9 Å². The molecule has 0 heterocycles. The van der Waals surface area contributed by atoms with Crippen LogP contribution in [0.15, 0.2) is 46.9 Å². The first kappa shape index (κ1) is 22.9. The highest BCUT2D eigenvalue weighted by Gasteiger charge is 2.18. The van der Waals surface area contributed by atoms with Gasteiger partial charge in [0.2, 0.25) is 0 Å². The van der Waals surface area contributed by atoms with Crippen molar-refractivity contribution in [1.29, 1.82) is 0 Å². The molecule has 0 saturated carbocycles. The Bertz CT molecular complexity index is 801. The Balaban J connectivity index is 1.95. The van der Waals surface area contributed by atoms with Crippen molar-refractivity contribution in [1.82, 2.24) is 0 Å². The van der Waals surface area contributed by atoms with E-state index >= 15 is 0 Å². The van der Waals surface area contributed by atoms with Crippen LogP contribution in [0.2, 0.25) is 0 Å².